The number of rotatable bonds is 4. The molecule has 94 valence electrons. The minimum absolute atomic E-state index is 0.873. The first-order chi connectivity index (χ1) is 7.86. The van der Waals surface area contributed by atoms with Crippen molar-refractivity contribution in [1.29, 1.82) is 0 Å². The van der Waals surface area contributed by atoms with E-state index < -0.39 is 0 Å². The van der Waals surface area contributed by atoms with Crippen LogP contribution in [0.3, 0.4) is 0 Å². The molecule has 1 saturated carbocycles. The topological polar surface area (TPSA) is 12.0 Å². The summed E-state index contributed by atoms with van der Waals surface area (Å²) in [5.74, 6) is 5.99. The van der Waals surface area contributed by atoms with Gasteiger partial charge in [0.15, 0.2) is 0 Å². The maximum absolute atomic E-state index is 3.72. The molecule has 0 spiro atoms. The SMILES string of the molecule is CC1CCCCC1CNCC1CSCCS1. The summed E-state index contributed by atoms with van der Waals surface area (Å²) in [6, 6.07) is 0. The van der Waals surface area contributed by atoms with E-state index in [1.54, 1.807) is 0 Å². The van der Waals surface area contributed by atoms with Gasteiger partial charge in [0.25, 0.3) is 0 Å². The van der Waals surface area contributed by atoms with Crippen molar-refractivity contribution in [3.8, 4) is 0 Å². The Hall–Kier alpha value is 0.660. The molecule has 0 amide bonds. The van der Waals surface area contributed by atoms with Gasteiger partial charge in [-0.25, -0.2) is 0 Å². The fourth-order valence-corrected chi connectivity index (χ4v) is 5.43. The Balaban J connectivity index is 1.59. The normalized spacial score (nSPS) is 36.2. The summed E-state index contributed by atoms with van der Waals surface area (Å²) in [5, 5.41) is 4.59. The van der Waals surface area contributed by atoms with Crippen molar-refractivity contribution < 1.29 is 0 Å². The minimum atomic E-state index is 0.873. The molecule has 3 unspecified atom stereocenters. The summed E-state index contributed by atoms with van der Waals surface area (Å²) in [4.78, 5) is 0. The number of nitrogens with one attached hydrogen (secondary N) is 1. The Bertz CT molecular complexity index is 192. The molecule has 1 aliphatic heterocycles. The predicted molar refractivity (Wildman–Crippen MR) is 77.6 cm³/mol. The molecular weight excluding hydrogens is 234 g/mol. The molecular formula is C13H25NS2. The van der Waals surface area contributed by atoms with Crippen LogP contribution in [0.4, 0.5) is 0 Å². The molecule has 0 aromatic carbocycles. The first-order valence-electron chi connectivity index (χ1n) is 6.76. The third-order valence-electron chi connectivity index (χ3n) is 3.95. The molecule has 1 heterocycles. The van der Waals surface area contributed by atoms with Gasteiger partial charge < -0.3 is 5.32 Å². The Morgan fingerprint density at radius 2 is 2.00 bits per heavy atom. The highest BCUT2D eigenvalue weighted by Crippen LogP contribution is 2.29. The van der Waals surface area contributed by atoms with Crippen LogP contribution in [0, 0.1) is 11.8 Å². The number of thioether (sulfide) groups is 2. The molecule has 2 aliphatic rings. The third kappa shape index (κ3) is 4.15. The van der Waals surface area contributed by atoms with Crippen LogP contribution >= 0.6 is 23.5 Å². The van der Waals surface area contributed by atoms with E-state index in [2.05, 4.69) is 35.8 Å². The Morgan fingerprint density at radius 1 is 1.12 bits per heavy atom. The lowest BCUT2D eigenvalue weighted by atomic mass is 9.80. The monoisotopic (exact) mass is 259 g/mol. The van der Waals surface area contributed by atoms with Crippen LogP contribution in [0.15, 0.2) is 0 Å². The van der Waals surface area contributed by atoms with E-state index >= 15 is 0 Å². The molecule has 0 bridgehead atoms. The van der Waals surface area contributed by atoms with Crippen LogP contribution in [-0.2, 0) is 0 Å². The largest absolute Gasteiger partial charge is 0.315 e. The molecule has 2 fully saturated rings. The summed E-state index contributed by atoms with van der Waals surface area (Å²) >= 11 is 4.30. The summed E-state index contributed by atoms with van der Waals surface area (Å²) < 4.78 is 0. The molecule has 3 atom stereocenters. The van der Waals surface area contributed by atoms with Crippen molar-refractivity contribution in [3.05, 3.63) is 0 Å². The molecule has 0 radical (unpaired) electrons. The van der Waals surface area contributed by atoms with Crippen LogP contribution in [0.5, 0.6) is 0 Å². The minimum Gasteiger partial charge on any atom is -0.315 e. The van der Waals surface area contributed by atoms with Crippen molar-refractivity contribution >= 4 is 23.5 Å². The van der Waals surface area contributed by atoms with Crippen LogP contribution in [0.25, 0.3) is 0 Å². The van der Waals surface area contributed by atoms with Crippen molar-refractivity contribution in [2.24, 2.45) is 11.8 Å². The van der Waals surface area contributed by atoms with Gasteiger partial charge in [0.2, 0.25) is 0 Å². The van der Waals surface area contributed by atoms with Crippen molar-refractivity contribution in [3.63, 3.8) is 0 Å². The molecule has 1 N–H and O–H groups in total. The average molecular weight is 259 g/mol. The average Bonchev–Trinajstić information content (AvgIpc) is 2.33. The Kier molecular flexibility index (Phi) is 5.87. The van der Waals surface area contributed by atoms with Crippen LogP contribution in [0.2, 0.25) is 0 Å². The molecule has 0 aromatic heterocycles. The zero-order valence-corrected chi connectivity index (χ0v) is 12.0. The molecule has 0 aromatic rings. The van der Waals surface area contributed by atoms with Crippen LogP contribution in [0.1, 0.15) is 32.6 Å². The zero-order chi connectivity index (χ0) is 11.2. The van der Waals surface area contributed by atoms with Gasteiger partial charge in [-0.3, -0.25) is 0 Å². The van der Waals surface area contributed by atoms with Gasteiger partial charge in [0.05, 0.1) is 0 Å². The Morgan fingerprint density at radius 3 is 2.75 bits per heavy atom. The smallest absolute Gasteiger partial charge is 0.0263 e. The van der Waals surface area contributed by atoms with E-state index in [0.29, 0.717) is 0 Å². The molecule has 16 heavy (non-hydrogen) atoms. The first-order valence-corrected chi connectivity index (χ1v) is 8.96. The lowest BCUT2D eigenvalue weighted by Crippen LogP contribution is -2.35. The van der Waals surface area contributed by atoms with Gasteiger partial charge in [0.1, 0.15) is 0 Å². The lowest BCUT2D eigenvalue weighted by molar-refractivity contribution is 0.248. The molecule has 1 saturated heterocycles. The van der Waals surface area contributed by atoms with E-state index in [9.17, 15) is 0 Å². The lowest BCUT2D eigenvalue weighted by Gasteiger charge is -2.30. The molecule has 3 heteroatoms. The quantitative estimate of drug-likeness (QED) is 0.832. The number of hydrogen-bond acceptors (Lipinski definition) is 3. The second kappa shape index (κ2) is 7.17. The van der Waals surface area contributed by atoms with Crippen LogP contribution < -0.4 is 5.32 Å². The predicted octanol–water partition coefficient (Wildman–Crippen LogP) is 3.25. The highest BCUT2D eigenvalue weighted by Gasteiger charge is 2.21. The van der Waals surface area contributed by atoms with E-state index in [1.165, 1.54) is 56.0 Å². The van der Waals surface area contributed by atoms with E-state index in [-0.39, 0.29) is 0 Å². The maximum Gasteiger partial charge on any atom is 0.0263 e. The van der Waals surface area contributed by atoms with Gasteiger partial charge in [0, 0.05) is 29.1 Å². The molecule has 1 aliphatic carbocycles. The fourth-order valence-electron chi connectivity index (χ4n) is 2.78. The van der Waals surface area contributed by atoms with Crippen LogP contribution in [-0.4, -0.2) is 35.6 Å². The summed E-state index contributed by atoms with van der Waals surface area (Å²) in [6.45, 7) is 4.94. The fraction of sp³-hybridized carbons (Fsp3) is 1.00. The van der Waals surface area contributed by atoms with E-state index in [4.69, 9.17) is 0 Å². The summed E-state index contributed by atoms with van der Waals surface area (Å²) in [7, 11) is 0. The van der Waals surface area contributed by atoms with Crippen molar-refractivity contribution in [1.82, 2.24) is 5.32 Å². The number of hydrogen-bond donors (Lipinski definition) is 1. The van der Waals surface area contributed by atoms with E-state index in [0.717, 1.165) is 17.1 Å². The van der Waals surface area contributed by atoms with Gasteiger partial charge in [-0.05, 0) is 24.8 Å². The molecule has 1 nitrogen and oxygen atoms in total. The van der Waals surface area contributed by atoms with Gasteiger partial charge in [-0.15, -0.1) is 0 Å². The van der Waals surface area contributed by atoms with Gasteiger partial charge in [-0.1, -0.05) is 26.2 Å². The highest BCUT2D eigenvalue weighted by molar-refractivity contribution is 8.06. The molecule has 2 rings (SSSR count). The zero-order valence-electron chi connectivity index (χ0n) is 10.4. The second-order valence-electron chi connectivity index (χ2n) is 5.25. The third-order valence-corrected chi connectivity index (χ3v) is 6.80. The summed E-state index contributed by atoms with van der Waals surface area (Å²) in [5.41, 5.74) is 0. The Labute approximate surface area is 109 Å². The second-order valence-corrected chi connectivity index (χ2v) is 7.81. The maximum atomic E-state index is 3.72. The van der Waals surface area contributed by atoms with E-state index in [1.807, 2.05) is 0 Å². The van der Waals surface area contributed by atoms with Crippen molar-refractivity contribution in [2.45, 2.75) is 37.9 Å². The highest BCUT2D eigenvalue weighted by atomic mass is 32.2. The standard InChI is InChI=1S/C13H25NS2/c1-11-4-2-3-5-12(11)8-14-9-13-10-15-6-7-16-13/h11-14H,2-10H2,1H3. The first kappa shape index (κ1) is 13.1. The van der Waals surface area contributed by atoms with Gasteiger partial charge in [-0.2, -0.15) is 23.5 Å². The summed E-state index contributed by atoms with van der Waals surface area (Å²) in [6.07, 6.45) is 5.85. The van der Waals surface area contributed by atoms with Gasteiger partial charge >= 0.3 is 0 Å². The van der Waals surface area contributed by atoms with Crippen molar-refractivity contribution in [2.75, 3.05) is 30.3 Å².